The van der Waals surface area contributed by atoms with Crippen LogP contribution in [0, 0.1) is 0 Å². The second kappa shape index (κ2) is 7.40. The van der Waals surface area contributed by atoms with Gasteiger partial charge in [0.05, 0.1) is 5.54 Å². The monoisotopic (exact) mass is 301 g/mol. The van der Waals surface area contributed by atoms with E-state index in [4.69, 9.17) is 9.47 Å². The maximum absolute atomic E-state index is 10.8. The number of rotatable bonds is 8. The van der Waals surface area contributed by atoms with Crippen LogP contribution in [0.4, 0.5) is 0 Å². The largest absolute Gasteiger partial charge is 0.350 e. The molecule has 1 heterocycles. The molecule has 1 aliphatic heterocycles. The molecule has 0 saturated carbocycles. The van der Waals surface area contributed by atoms with Crippen LogP contribution in [0.1, 0.15) is 80.1 Å². The van der Waals surface area contributed by atoms with Crippen molar-refractivity contribution in [2.75, 3.05) is 13.2 Å². The van der Waals surface area contributed by atoms with Crippen molar-refractivity contribution in [3.63, 3.8) is 0 Å². The van der Waals surface area contributed by atoms with Crippen molar-refractivity contribution in [2.45, 2.75) is 96.9 Å². The van der Waals surface area contributed by atoms with E-state index in [-0.39, 0.29) is 11.1 Å². The van der Waals surface area contributed by atoms with Gasteiger partial charge in [-0.3, -0.25) is 0 Å². The number of hydrogen-bond acceptors (Lipinski definition) is 4. The van der Waals surface area contributed by atoms with Crippen LogP contribution in [0.5, 0.6) is 0 Å². The quantitative estimate of drug-likeness (QED) is 0.676. The van der Waals surface area contributed by atoms with Gasteiger partial charge in [0.25, 0.3) is 0 Å². The molecule has 0 atom stereocenters. The molecule has 4 heteroatoms. The molecule has 1 fully saturated rings. The maximum atomic E-state index is 10.8. The van der Waals surface area contributed by atoms with E-state index in [9.17, 15) is 5.21 Å². The van der Waals surface area contributed by atoms with Crippen molar-refractivity contribution in [3.05, 3.63) is 0 Å². The molecule has 21 heavy (non-hydrogen) atoms. The number of hydrogen-bond donors (Lipinski definition) is 1. The molecule has 0 aromatic carbocycles. The Morgan fingerprint density at radius 1 is 0.905 bits per heavy atom. The van der Waals surface area contributed by atoms with Crippen LogP contribution >= 0.6 is 0 Å². The second-order valence-corrected chi connectivity index (χ2v) is 7.02. The highest BCUT2D eigenvalue weighted by Gasteiger charge is 2.56. The highest BCUT2D eigenvalue weighted by molar-refractivity contribution is 5.03. The summed E-state index contributed by atoms with van der Waals surface area (Å²) in [4.78, 5) is 0. The van der Waals surface area contributed by atoms with Crippen LogP contribution in [0.15, 0.2) is 0 Å². The third-order valence-electron chi connectivity index (χ3n) is 4.78. The van der Waals surface area contributed by atoms with Crippen LogP contribution in [0.2, 0.25) is 0 Å². The molecule has 0 aromatic heterocycles. The van der Waals surface area contributed by atoms with E-state index in [1.165, 1.54) is 0 Å². The van der Waals surface area contributed by atoms with Crippen molar-refractivity contribution < 1.29 is 14.7 Å². The van der Waals surface area contributed by atoms with E-state index in [2.05, 4.69) is 41.5 Å². The Kier molecular flexibility index (Phi) is 6.66. The van der Waals surface area contributed by atoms with E-state index in [1.54, 1.807) is 5.06 Å². The minimum Gasteiger partial charge on any atom is -0.350 e. The predicted octanol–water partition coefficient (Wildman–Crippen LogP) is 4.36. The van der Waals surface area contributed by atoms with E-state index >= 15 is 0 Å². The first kappa shape index (κ1) is 18.9. The van der Waals surface area contributed by atoms with Gasteiger partial charge in [-0.15, -0.1) is 0 Å². The fourth-order valence-electron chi connectivity index (χ4n) is 3.64. The van der Waals surface area contributed by atoms with Crippen molar-refractivity contribution in [3.8, 4) is 0 Å². The summed E-state index contributed by atoms with van der Waals surface area (Å²) in [5.41, 5.74) is -0.630. The van der Waals surface area contributed by atoms with E-state index in [0.717, 1.165) is 32.1 Å². The summed E-state index contributed by atoms with van der Waals surface area (Å²) in [5.74, 6) is -0.569. The predicted molar refractivity (Wildman–Crippen MR) is 85.5 cm³/mol. The highest BCUT2D eigenvalue weighted by atomic mass is 16.7. The maximum Gasteiger partial charge on any atom is 0.171 e. The lowest BCUT2D eigenvalue weighted by molar-refractivity contribution is -0.349. The first-order valence-corrected chi connectivity index (χ1v) is 8.58. The summed E-state index contributed by atoms with van der Waals surface area (Å²) in [6.45, 7) is 14.1. The van der Waals surface area contributed by atoms with Crippen molar-refractivity contribution >= 4 is 0 Å². The Hall–Kier alpha value is -0.160. The van der Waals surface area contributed by atoms with E-state index < -0.39 is 5.79 Å². The van der Waals surface area contributed by atoms with Crippen molar-refractivity contribution in [2.24, 2.45) is 0 Å². The molecule has 126 valence electrons. The van der Waals surface area contributed by atoms with Crippen LogP contribution in [0.25, 0.3) is 0 Å². The summed E-state index contributed by atoms with van der Waals surface area (Å²) in [7, 11) is 0. The summed E-state index contributed by atoms with van der Waals surface area (Å²) >= 11 is 0. The molecule has 0 unspecified atom stereocenters. The molecule has 4 nitrogen and oxygen atoms in total. The molecule has 0 radical (unpaired) electrons. The van der Waals surface area contributed by atoms with Crippen LogP contribution in [-0.2, 0) is 9.47 Å². The normalized spacial score (nSPS) is 24.1. The molecule has 1 aliphatic rings. The third kappa shape index (κ3) is 3.98. The summed E-state index contributed by atoms with van der Waals surface area (Å²) in [5, 5.41) is 12.3. The summed E-state index contributed by atoms with van der Waals surface area (Å²) in [6.07, 6.45) is 5.15. The van der Waals surface area contributed by atoms with Gasteiger partial charge in [-0.2, -0.15) is 5.06 Å². The van der Waals surface area contributed by atoms with Gasteiger partial charge < -0.3 is 14.7 Å². The van der Waals surface area contributed by atoms with Gasteiger partial charge in [0.2, 0.25) is 0 Å². The zero-order valence-electron chi connectivity index (χ0n) is 14.9. The molecule has 0 amide bonds. The van der Waals surface area contributed by atoms with E-state index in [0.29, 0.717) is 19.6 Å². The molecule has 1 rings (SSSR count). The van der Waals surface area contributed by atoms with Crippen LogP contribution in [0.3, 0.4) is 0 Å². The van der Waals surface area contributed by atoms with Crippen LogP contribution < -0.4 is 0 Å². The van der Waals surface area contributed by atoms with Gasteiger partial charge >= 0.3 is 0 Å². The first-order chi connectivity index (χ1) is 9.81. The van der Waals surface area contributed by atoms with Gasteiger partial charge in [0.15, 0.2) is 5.79 Å². The highest BCUT2D eigenvalue weighted by Crippen LogP contribution is 2.48. The fraction of sp³-hybridized carbons (Fsp3) is 1.00. The van der Waals surface area contributed by atoms with Crippen molar-refractivity contribution in [1.82, 2.24) is 5.06 Å². The smallest absolute Gasteiger partial charge is 0.171 e. The number of ether oxygens (including phenoxy) is 2. The number of hydroxylamine groups is 2. The standard InChI is InChI=1S/C17H35NO3/c1-7-11-20-17(21-12-8-2)13-15(5,6)18(19)16(9-3,10-4)14-17/h19H,7-14H2,1-6H3. The number of piperidine rings is 1. The number of nitrogens with zero attached hydrogens (tertiary/aromatic N) is 1. The SMILES string of the molecule is CCCOC1(OCCC)CC(C)(C)N(O)C(CC)(CC)C1. The minimum atomic E-state index is -0.569. The van der Waals surface area contributed by atoms with Gasteiger partial charge in [-0.25, -0.2) is 0 Å². The van der Waals surface area contributed by atoms with Gasteiger partial charge in [0.1, 0.15) is 0 Å². The average Bonchev–Trinajstić information content (AvgIpc) is 2.47. The Balaban J connectivity index is 3.11. The van der Waals surface area contributed by atoms with Crippen molar-refractivity contribution in [1.29, 1.82) is 0 Å². The molecular weight excluding hydrogens is 266 g/mol. The zero-order valence-corrected chi connectivity index (χ0v) is 14.9. The Morgan fingerprint density at radius 3 is 1.76 bits per heavy atom. The van der Waals surface area contributed by atoms with Crippen LogP contribution in [-0.4, -0.2) is 40.3 Å². The fourth-order valence-corrected chi connectivity index (χ4v) is 3.64. The third-order valence-corrected chi connectivity index (χ3v) is 4.78. The summed E-state index contributed by atoms with van der Waals surface area (Å²) < 4.78 is 12.4. The molecule has 0 spiro atoms. The zero-order chi connectivity index (χ0) is 16.1. The lowest BCUT2D eigenvalue weighted by Crippen LogP contribution is -2.67. The van der Waals surface area contributed by atoms with Gasteiger partial charge in [-0.1, -0.05) is 27.7 Å². The molecular formula is C17H35NO3. The first-order valence-electron chi connectivity index (χ1n) is 8.58. The Bertz CT molecular complexity index is 305. The van der Waals surface area contributed by atoms with E-state index in [1.807, 2.05) is 0 Å². The Morgan fingerprint density at radius 2 is 1.38 bits per heavy atom. The Labute approximate surface area is 130 Å². The molecule has 0 aliphatic carbocycles. The van der Waals surface area contributed by atoms with Gasteiger partial charge in [-0.05, 0) is 39.5 Å². The molecule has 0 bridgehead atoms. The molecule has 0 aromatic rings. The minimum absolute atomic E-state index is 0.275. The second-order valence-electron chi connectivity index (χ2n) is 7.02. The summed E-state index contributed by atoms with van der Waals surface area (Å²) in [6, 6.07) is 0. The lowest BCUT2D eigenvalue weighted by atomic mass is 9.73. The van der Waals surface area contributed by atoms with Gasteiger partial charge in [0, 0.05) is 31.6 Å². The molecule has 1 N–H and O–H groups in total. The molecule has 1 saturated heterocycles. The topological polar surface area (TPSA) is 41.9 Å². The average molecular weight is 301 g/mol. The lowest BCUT2D eigenvalue weighted by Gasteiger charge is -2.57.